The van der Waals surface area contributed by atoms with E-state index in [0.29, 0.717) is 0 Å². The van der Waals surface area contributed by atoms with Gasteiger partial charge in [0.15, 0.2) is 5.78 Å². The monoisotopic (exact) mass is 364 g/mol. The average Bonchev–Trinajstić information content (AvgIpc) is 2.57. The lowest BCUT2D eigenvalue weighted by atomic mass is 10.2. The zero-order valence-corrected chi connectivity index (χ0v) is 14.3. The Bertz CT molecular complexity index is 897. The third-order valence-corrected chi connectivity index (χ3v) is 4.80. The Morgan fingerprint density at radius 1 is 1.08 bits per heavy atom. The Morgan fingerprint density at radius 3 is 2.48 bits per heavy atom. The number of para-hydroxylation sites is 1. The Balaban J connectivity index is 1.94. The SMILES string of the molecule is CC(=O)c1cccc(S(=O)(=O)NCCC(=O)Nc2ccccc2F)c1. The Kier molecular flexibility index (Phi) is 6.00. The third kappa shape index (κ3) is 5.20. The molecule has 0 bridgehead atoms. The number of amides is 1. The molecule has 0 aliphatic rings. The van der Waals surface area contributed by atoms with Crippen molar-refractivity contribution >= 4 is 27.4 Å². The molecule has 0 aromatic heterocycles. The standard InChI is InChI=1S/C17H17FN2O4S/c1-12(21)13-5-4-6-14(11-13)25(23,24)19-10-9-17(22)20-16-8-3-2-7-15(16)18/h2-8,11,19H,9-10H2,1H3,(H,20,22). The highest BCUT2D eigenvalue weighted by Crippen LogP contribution is 2.13. The van der Waals surface area contributed by atoms with Crippen molar-refractivity contribution < 1.29 is 22.4 Å². The lowest BCUT2D eigenvalue weighted by Crippen LogP contribution is -2.28. The molecule has 0 saturated heterocycles. The van der Waals surface area contributed by atoms with Crippen LogP contribution in [0.4, 0.5) is 10.1 Å². The molecule has 0 fully saturated rings. The van der Waals surface area contributed by atoms with Crippen LogP contribution in [0.2, 0.25) is 0 Å². The number of rotatable bonds is 7. The van der Waals surface area contributed by atoms with Crippen molar-refractivity contribution in [3.05, 3.63) is 59.9 Å². The number of halogens is 1. The Hall–Kier alpha value is -2.58. The van der Waals surface area contributed by atoms with Crippen molar-refractivity contribution in [3.63, 3.8) is 0 Å². The first kappa shape index (κ1) is 18.8. The first-order valence-corrected chi connectivity index (χ1v) is 8.93. The smallest absolute Gasteiger partial charge is 0.240 e. The van der Waals surface area contributed by atoms with E-state index in [-0.39, 0.29) is 34.9 Å². The van der Waals surface area contributed by atoms with Gasteiger partial charge in [0.05, 0.1) is 10.6 Å². The molecule has 0 saturated carbocycles. The number of benzene rings is 2. The molecule has 0 unspecified atom stereocenters. The summed E-state index contributed by atoms with van der Waals surface area (Å²) in [6.45, 7) is 1.18. The quantitative estimate of drug-likeness (QED) is 0.738. The van der Waals surface area contributed by atoms with Crippen LogP contribution in [-0.2, 0) is 14.8 Å². The maximum Gasteiger partial charge on any atom is 0.240 e. The molecule has 8 heteroatoms. The van der Waals surface area contributed by atoms with Crippen LogP contribution in [0.3, 0.4) is 0 Å². The van der Waals surface area contributed by atoms with Gasteiger partial charge in [0.25, 0.3) is 0 Å². The number of hydrogen-bond acceptors (Lipinski definition) is 4. The van der Waals surface area contributed by atoms with E-state index in [2.05, 4.69) is 10.0 Å². The van der Waals surface area contributed by atoms with Gasteiger partial charge in [-0.05, 0) is 31.2 Å². The number of carbonyl (C=O) groups is 2. The summed E-state index contributed by atoms with van der Waals surface area (Å²) in [5, 5.41) is 2.37. The molecule has 2 aromatic rings. The molecule has 1 amide bonds. The van der Waals surface area contributed by atoms with E-state index in [4.69, 9.17) is 0 Å². The van der Waals surface area contributed by atoms with E-state index >= 15 is 0 Å². The summed E-state index contributed by atoms with van der Waals surface area (Å²) in [6.07, 6.45) is -0.167. The summed E-state index contributed by atoms with van der Waals surface area (Å²) >= 11 is 0. The second-order valence-electron chi connectivity index (χ2n) is 5.26. The lowest BCUT2D eigenvalue weighted by molar-refractivity contribution is -0.116. The number of sulfonamides is 1. The van der Waals surface area contributed by atoms with Crippen LogP contribution in [0.25, 0.3) is 0 Å². The van der Waals surface area contributed by atoms with Crippen molar-refractivity contribution in [1.82, 2.24) is 4.72 Å². The fourth-order valence-corrected chi connectivity index (χ4v) is 3.12. The largest absolute Gasteiger partial charge is 0.324 e. The van der Waals surface area contributed by atoms with Gasteiger partial charge in [-0.2, -0.15) is 0 Å². The highest BCUT2D eigenvalue weighted by molar-refractivity contribution is 7.89. The van der Waals surface area contributed by atoms with Crippen molar-refractivity contribution in [1.29, 1.82) is 0 Å². The van der Waals surface area contributed by atoms with Crippen LogP contribution in [0.5, 0.6) is 0 Å². The van der Waals surface area contributed by atoms with E-state index in [1.807, 2.05) is 0 Å². The van der Waals surface area contributed by atoms with Gasteiger partial charge in [-0.25, -0.2) is 17.5 Å². The Labute approximate surface area is 145 Å². The minimum Gasteiger partial charge on any atom is -0.324 e. The highest BCUT2D eigenvalue weighted by atomic mass is 32.2. The second-order valence-corrected chi connectivity index (χ2v) is 7.03. The first-order valence-electron chi connectivity index (χ1n) is 7.44. The zero-order chi connectivity index (χ0) is 18.4. The summed E-state index contributed by atoms with van der Waals surface area (Å²) < 4.78 is 40.1. The zero-order valence-electron chi connectivity index (χ0n) is 13.5. The molecular formula is C17H17FN2O4S. The van der Waals surface area contributed by atoms with Crippen LogP contribution >= 0.6 is 0 Å². The molecule has 2 aromatic carbocycles. The number of anilines is 1. The molecule has 0 atom stereocenters. The van der Waals surface area contributed by atoms with Gasteiger partial charge in [0.1, 0.15) is 5.82 Å². The predicted molar refractivity (Wildman–Crippen MR) is 91.3 cm³/mol. The number of nitrogens with one attached hydrogen (secondary N) is 2. The normalized spacial score (nSPS) is 11.1. The lowest BCUT2D eigenvalue weighted by Gasteiger charge is -2.09. The molecule has 0 spiro atoms. The van der Waals surface area contributed by atoms with E-state index in [1.54, 1.807) is 6.07 Å². The van der Waals surface area contributed by atoms with Crippen molar-refractivity contribution in [2.45, 2.75) is 18.2 Å². The molecule has 132 valence electrons. The molecule has 6 nitrogen and oxygen atoms in total. The molecule has 25 heavy (non-hydrogen) atoms. The van der Waals surface area contributed by atoms with Gasteiger partial charge in [-0.3, -0.25) is 9.59 Å². The van der Waals surface area contributed by atoms with Gasteiger partial charge in [-0.15, -0.1) is 0 Å². The molecule has 2 rings (SSSR count). The minimum absolute atomic E-state index is 0.0320. The molecule has 0 heterocycles. The van der Waals surface area contributed by atoms with E-state index in [0.717, 1.165) is 0 Å². The molecule has 0 aliphatic carbocycles. The average molecular weight is 364 g/mol. The van der Waals surface area contributed by atoms with Gasteiger partial charge in [0.2, 0.25) is 15.9 Å². The molecular weight excluding hydrogens is 347 g/mol. The van der Waals surface area contributed by atoms with Gasteiger partial charge in [0, 0.05) is 18.5 Å². The van der Waals surface area contributed by atoms with Gasteiger partial charge in [-0.1, -0.05) is 24.3 Å². The van der Waals surface area contributed by atoms with Crippen molar-refractivity contribution in [2.75, 3.05) is 11.9 Å². The number of hydrogen-bond donors (Lipinski definition) is 2. The summed E-state index contributed by atoms with van der Waals surface area (Å²) in [7, 11) is -3.85. The van der Waals surface area contributed by atoms with Gasteiger partial charge < -0.3 is 5.32 Å². The topological polar surface area (TPSA) is 92.3 Å². The Morgan fingerprint density at radius 2 is 1.80 bits per heavy atom. The van der Waals surface area contributed by atoms with Crippen LogP contribution in [0, 0.1) is 5.82 Å². The summed E-state index contributed by atoms with van der Waals surface area (Å²) in [5.74, 6) is -1.34. The number of Topliss-reactive ketones (excluding diaryl/α,β-unsaturated/α-hetero) is 1. The van der Waals surface area contributed by atoms with E-state index < -0.39 is 21.7 Å². The second kappa shape index (κ2) is 8.00. The fourth-order valence-electron chi connectivity index (χ4n) is 2.04. The predicted octanol–water partition coefficient (Wildman–Crippen LogP) is 2.34. The van der Waals surface area contributed by atoms with Gasteiger partial charge >= 0.3 is 0 Å². The van der Waals surface area contributed by atoms with Crippen LogP contribution in [-0.4, -0.2) is 26.7 Å². The van der Waals surface area contributed by atoms with E-state index in [1.165, 1.54) is 49.4 Å². The van der Waals surface area contributed by atoms with E-state index in [9.17, 15) is 22.4 Å². The number of carbonyl (C=O) groups excluding carboxylic acids is 2. The number of ketones is 1. The summed E-state index contributed by atoms with van der Waals surface area (Å²) in [5.41, 5.74) is 0.310. The van der Waals surface area contributed by atoms with Crippen LogP contribution in [0.15, 0.2) is 53.4 Å². The molecule has 0 aliphatic heterocycles. The first-order chi connectivity index (χ1) is 11.8. The summed E-state index contributed by atoms with van der Waals surface area (Å²) in [4.78, 5) is 23.0. The maximum absolute atomic E-state index is 13.4. The van der Waals surface area contributed by atoms with Crippen LogP contribution < -0.4 is 10.0 Å². The summed E-state index contributed by atoms with van der Waals surface area (Å²) in [6, 6.07) is 11.3. The molecule has 2 N–H and O–H groups in total. The van der Waals surface area contributed by atoms with Crippen LogP contribution in [0.1, 0.15) is 23.7 Å². The third-order valence-electron chi connectivity index (χ3n) is 3.34. The maximum atomic E-state index is 13.4. The van der Waals surface area contributed by atoms with Crippen molar-refractivity contribution in [2.24, 2.45) is 0 Å². The van der Waals surface area contributed by atoms with Crippen molar-refractivity contribution in [3.8, 4) is 0 Å². The highest BCUT2D eigenvalue weighted by Gasteiger charge is 2.16. The molecule has 0 radical (unpaired) electrons. The minimum atomic E-state index is -3.85. The fraction of sp³-hybridized carbons (Fsp3) is 0.176.